The minimum Gasteiger partial charge on any atom is -0.441 e. The number of hydrogen-bond acceptors (Lipinski definition) is 9. The molecule has 0 bridgehead atoms. The van der Waals surface area contributed by atoms with Crippen LogP contribution in [0.1, 0.15) is 35.7 Å². The third-order valence-corrected chi connectivity index (χ3v) is 9.37. The van der Waals surface area contributed by atoms with E-state index in [1.54, 1.807) is 24.5 Å². The lowest BCUT2D eigenvalue weighted by Crippen LogP contribution is -2.43. The number of halogens is 1. The van der Waals surface area contributed by atoms with Gasteiger partial charge in [0.2, 0.25) is 21.8 Å². The summed E-state index contributed by atoms with van der Waals surface area (Å²) in [6, 6.07) is 5.25. The summed E-state index contributed by atoms with van der Waals surface area (Å²) < 4.78 is 34.4. The van der Waals surface area contributed by atoms with E-state index in [0.717, 1.165) is 40.6 Å². The largest absolute Gasteiger partial charge is 0.441 e. The molecule has 1 amide bonds. The van der Waals surface area contributed by atoms with Gasteiger partial charge in [-0.3, -0.25) is 9.52 Å². The second-order valence-electron chi connectivity index (χ2n) is 9.02. The highest BCUT2D eigenvalue weighted by Crippen LogP contribution is 2.34. The fourth-order valence-electron chi connectivity index (χ4n) is 4.26. The first-order valence-electron chi connectivity index (χ1n) is 11.9. The van der Waals surface area contributed by atoms with Crippen LogP contribution in [0.25, 0.3) is 11.5 Å². The van der Waals surface area contributed by atoms with Gasteiger partial charge in [0.1, 0.15) is 11.0 Å². The van der Waals surface area contributed by atoms with Crippen molar-refractivity contribution in [1.82, 2.24) is 14.7 Å². The van der Waals surface area contributed by atoms with Gasteiger partial charge < -0.3 is 14.2 Å². The van der Waals surface area contributed by atoms with Gasteiger partial charge in [-0.1, -0.05) is 24.6 Å². The SMILES string of the molecule is C=CC(c1ccc(Cl)s1)S(=O)(=O)NC(=O)C1CCN(c2ncc(-c3ncc(CC)o3)cc2N(C)C)CC1. The number of sulfonamides is 1. The summed E-state index contributed by atoms with van der Waals surface area (Å²) in [5.41, 5.74) is 1.69. The van der Waals surface area contributed by atoms with Crippen LogP contribution in [0.3, 0.4) is 0 Å². The molecule has 4 rings (SSSR count). The van der Waals surface area contributed by atoms with Crippen molar-refractivity contribution >= 4 is 50.4 Å². The van der Waals surface area contributed by atoms with Gasteiger partial charge in [0.05, 0.1) is 21.8 Å². The van der Waals surface area contributed by atoms with Crippen LogP contribution in [-0.4, -0.2) is 51.5 Å². The second-order valence-corrected chi connectivity index (χ2v) is 12.6. The Morgan fingerprint density at radius 1 is 1.32 bits per heavy atom. The fourth-order valence-corrected chi connectivity index (χ4v) is 7.03. The van der Waals surface area contributed by atoms with E-state index in [1.807, 2.05) is 32.0 Å². The zero-order valence-electron chi connectivity index (χ0n) is 21.0. The normalized spacial score (nSPS) is 15.4. The Morgan fingerprint density at radius 3 is 2.62 bits per heavy atom. The number of carbonyl (C=O) groups excluding carboxylic acids is 1. The lowest BCUT2D eigenvalue weighted by Gasteiger charge is -2.34. The Kier molecular flexibility index (Phi) is 8.25. The van der Waals surface area contributed by atoms with E-state index in [1.165, 1.54) is 6.08 Å². The first-order valence-corrected chi connectivity index (χ1v) is 14.7. The Morgan fingerprint density at radius 2 is 2.05 bits per heavy atom. The molecule has 198 valence electrons. The third-order valence-electron chi connectivity index (χ3n) is 6.31. The van der Waals surface area contributed by atoms with Gasteiger partial charge in [0.25, 0.3) is 0 Å². The molecule has 3 aromatic rings. The van der Waals surface area contributed by atoms with Crippen LogP contribution in [0.15, 0.2) is 47.7 Å². The quantitative estimate of drug-likeness (QED) is 0.374. The molecule has 12 heteroatoms. The van der Waals surface area contributed by atoms with Crippen LogP contribution in [0, 0.1) is 5.92 Å². The molecular formula is C25H30ClN5O4S2. The highest BCUT2D eigenvalue weighted by molar-refractivity contribution is 7.90. The van der Waals surface area contributed by atoms with E-state index in [0.29, 0.717) is 41.0 Å². The van der Waals surface area contributed by atoms with Crippen molar-refractivity contribution in [3.63, 3.8) is 0 Å². The predicted molar refractivity (Wildman–Crippen MR) is 148 cm³/mol. The summed E-state index contributed by atoms with van der Waals surface area (Å²) in [4.78, 5) is 26.6. The smallest absolute Gasteiger partial charge is 0.246 e. The van der Waals surface area contributed by atoms with Crippen molar-refractivity contribution in [2.45, 2.75) is 31.4 Å². The summed E-state index contributed by atoms with van der Waals surface area (Å²) in [6.45, 7) is 6.77. The molecule has 37 heavy (non-hydrogen) atoms. The zero-order chi connectivity index (χ0) is 26.7. The molecule has 1 fully saturated rings. The van der Waals surface area contributed by atoms with Crippen molar-refractivity contribution in [1.29, 1.82) is 0 Å². The lowest BCUT2D eigenvalue weighted by molar-refractivity contribution is -0.123. The van der Waals surface area contributed by atoms with Crippen LogP contribution < -0.4 is 14.5 Å². The number of pyridine rings is 1. The van der Waals surface area contributed by atoms with Crippen molar-refractivity contribution in [3.05, 3.63) is 58.2 Å². The van der Waals surface area contributed by atoms with Crippen LogP contribution in [0.5, 0.6) is 0 Å². The fraction of sp³-hybridized carbons (Fsp3) is 0.400. The van der Waals surface area contributed by atoms with Gasteiger partial charge in [-0.25, -0.2) is 18.4 Å². The van der Waals surface area contributed by atoms with Crippen molar-refractivity contribution in [2.24, 2.45) is 5.92 Å². The maximum absolute atomic E-state index is 12.9. The maximum Gasteiger partial charge on any atom is 0.246 e. The monoisotopic (exact) mass is 563 g/mol. The number of nitrogens with zero attached hydrogens (tertiary/aromatic N) is 4. The summed E-state index contributed by atoms with van der Waals surface area (Å²) in [6.07, 6.45) is 6.54. The van der Waals surface area contributed by atoms with Gasteiger partial charge in [0.15, 0.2) is 5.82 Å². The number of oxazole rings is 1. The molecule has 1 atom stereocenters. The molecule has 0 spiro atoms. The van der Waals surface area contributed by atoms with Crippen LogP contribution in [0.2, 0.25) is 4.34 Å². The molecule has 9 nitrogen and oxygen atoms in total. The molecule has 0 aliphatic carbocycles. The molecule has 4 heterocycles. The van der Waals surface area contributed by atoms with E-state index in [-0.39, 0.29) is 0 Å². The summed E-state index contributed by atoms with van der Waals surface area (Å²) in [7, 11) is -0.102. The standard InChI is InChI=1S/C25H30ClN5O4S2/c1-5-18-15-28-25(35-18)17-13-19(30(3)4)23(27-14-17)31-11-9-16(10-12-31)24(32)29-37(33,34)21(6-2)20-7-8-22(26)36-20/h6-8,13-16,21H,2,5,9-12H2,1,3-4H3,(H,29,32). The number of hydrogen-bond donors (Lipinski definition) is 1. The summed E-state index contributed by atoms with van der Waals surface area (Å²) >= 11 is 7.11. The van der Waals surface area contributed by atoms with E-state index < -0.39 is 27.1 Å². The summed E-state index contributed by atoms with van der Waals surface area (Å²) in [5, 5.41) is -1.04. The van der Waals surface area contributed by atoms with Gasteiger partial charge in [-0.15, -0.1) is 17.9 Å². The number of amides is 1. The molecule has 0 aromatic carbocycles. The molecular weight excluding hydrogens is 534 g/mol. The zero-order valence-corrected chi connectivity index (χ0v) is 23.4. The second kappa shape index (κ2) is 11.2. The summed E-state index contributed by atoms with van der Waals surface area (Å²) in [5.74, 6) is 1.21. The Hall–Kier alpha value is -2.89. The topological polar surface area (TPSA) is 109 Å². The van der Waals surface area contributed by atoms with Crippen molar-refractivity contribution in [3.8, 4) is 11.5 Å². The van der Waals surface area contributed by atoms with Crippen LogP contribution >= 0.6 is 22.9 Å². The third kappa shape index (κ3) is 6.00. The highest BCUT2D eigenvalue weighted by Gasteiger charge is 2.33. The number of aromatic nitrogens is 2. The van der Waals surface area contributed by atoms with Crippen molar-refractivity contribution < 1.29 is 17.6 Å². The Bertz CT molecular complexity index is 1380. The minimum atomic E-state index is -3.99. The number of rotatable bonds is 9. The number of anilines is 2. The molecule has 0 saturated carbocycles. The van der Waals surface area contributed by atoms with E-state index >= 15 is 0 Å². The average Bonchev–Trinajstić information content (AvgIpc) is 3.53. The van der Waals surface area contributed by atoms with Crippen LogP contribution in [0.4, 0.5) is 11.5 Å². The van der Waals surface area contributed by atoms with E-state index in [9.17, 15) is 13.2 Å². The first kappa shape index (κ1) is 27.2. The number of piperidine rings is 1. The maximum atomic E-state index is 12.9. The van der Waals surface area contributed by atoms with Gasteiger partial charge in [0, 0.05) is 50.6 Å². The number of carbonyl (C=O) groups is 1. The molecule has 3 aromatic heterocycles. The van der Waals surface area contributed by atoms with Gasteiger partial charge in [-0.05, 0) is 31.0 Å². The molecule has 0 radical (unpaired) electrons. The average molecular weight is 564 g/mol. The first-order chi connectivity index (χ1) is 17.6. The molecule has 1 aliphatic heterocycles. The van der Waals surface area contributed by atoms with Crippen LogP contribution in [-0.2, 0) is 21.2 Å². The van der Waals surface area contributed by atoms with E-state index in [4.69, 9.17) is 21.0 Å². The molecule has 1 N–H and O–H groups in total. The predicted octanol–water partition coefficient (Wildman–Crippen LogP) is 4.67. The minimum absolute atomic E-state index is 0.426. The van der Waals surface area contributed by atoms with Crippen molar-refractivity contribution in [2.75, 3.05) is 37.0 Å². The molecule has 1 aliphatic rings. The van der Waals surface area contributed by atoms with Gasteiger partial charge in [-0.2, -0.15) is 0 Å². The molecule has 1 saturated heterocycles. The van der Waals surface area contributed by atoms with E-state index in [2.05, 4.69) is 21.2 Å². The van der Waals surface area contributed by atoms with Gasteiger partial charge >= 0.3 is 0 Å². The highest BCUT2D eigenvalue weighted by atomic mass is 35.5. The number of nitrogens with one attached hydrogen (secondary N) is 1. The molecule has 1 unspecified atom stereocenters. The lowest BCUT2D eigenvalue weighted by atomic mass is 9.96. The Labute approximate surface area is 226 Å². The number of aryl methyl sites for hydroxylation is 1. The number of thiophene rings is 1. The Balaban J connectivity index is 1.43.